The lowest BCUT2D eigenvalue weighted by Gasteiger charge is -2.16. The van der Waals surface area contributed by atoms with E-state index in [1.54, 1.807) is 0 Å². The molecular formula is C14H5ClF6N6O4. The molecule has 0 amide bonds. The fourth-order valence-electron chi connectivity index (χ4n) is 2.31. The first-order valence-electron chi connectivity index (χ1n) is 7.40. The molecule has 17 heteroatoms. The predicted octanol–water partition coefficient (Wildman–Crippen LogP) is 5.23. The molecule has 0 bridgehead atoms. The van der Waals surface area contributed by atoms with Crippen LogP contribution in [0, 0.1) is 31.7 Å². The van der Waals surface area contributed by atoms with Gasteiger partial charge < -0.3 is 5.32 Å². The Morgan fingerprint density at radius 2 is 1.65 bits per heavy atom. The van der Waals surface area contributed by atoms with Gasteiger partial charge in [0.05, 0.1) is 26.0 Å². The molecule has 10 nitrogen and oxygen atoms in total. The van der Waals surface area contributed by atoms with Crippen LogP contribution in [-0.2, 0) is 12.4 Å². The summed E-state index contributed by atoms with van der Waals surface area (Å²) in [4.78, 5) is 23.2. The van der Waals surface area contributed by atoms with Crippen molar-refractivity contribution in [3.05, 3.63) is 54.7 Å². The van der Waals surface area contributed by atoms with E-state index in [9.17, 15) is 46.6 Å². The minimum atomic E-state index is -5.35. The van der Waals surface area contributed by atoms with Crippen molar-refractivity contribution >= 4 is 40.2 Å². The number of rotatable bonds is 5. The topological polar surface area (TPSA) is 147 Å². The number of nitro benzene ring substituents is 2. The van der Waals surface area contributed by atoms with Gasteiger partial charge in [0, 0.05) is 12.3 Å². The molecule has 0 fully saturated rings. The molecule has 1 heterocycles. The number of anilines is 3. The molecule has 1 aromatic carbocycles. The largest absolute Gasteiger partial charge is 0.418 e. The molecular weight excluding hydrogens is 466 g/mol. The number of nitriles is 1. The SMILES string of the molecule is N#CNc1c(C(F)(F)F)cc([N+](=O)[O-])c(Nc2ncc(C(F)(F)F)cc2Cl)c1[N+](=O)[O-]. The van der Waals surface area contributed by atoms with Crippen molar-refractivity contribution in [1.82, 2.24) is 4.98 Å². The zero-order chi connectivity index (χ0) is 23.7. The molecule has 2 N–H and O–H groups in total. The summed E-state index contributed by atoms with van der Waals surface area (Å²) in [7, 11) is 0. The third-order valence-electron chi connectivity index (χ3n) is 3.56. The van der Waals surface area contributed by atoms with Crippen LogP contribution >= 0.6 is 11.6 Å². The Labute approximate surface area is 171 Å². The average Bonchev–Trinajstić information content (AvgIpc) is 2.61. The lowest BCUT2D eigenvalue weighted by Crippen LogP contribution is -2.14. The molecule has 0 radical (unpaired) electrons. The number of hydrogen-bond acceptors (Lipinski definition) is 8. The first-order chi connectivity index (χ1) is 14.2. The number of benzene rings is 1. The van der Waals surface area contributed by atoms with Crippen LogP contribution in [0.15, 0.2) is 18.3 Å². The molecule has 0 aliphatic rings. The molecule has 2 rings (SSSR count). The van der Waals surface area contributed by atoms with Crippen LogP contribution in [0.25, 0.3) is 0 Å². The number of nitrogens with one attached hydrogen (secondary N) is 2. The lowest BCUT2D eigenvalue weighted by molar-refractivity contribution is -0.392. The Balaban J connectivity index is 2.83. The van der Waals surface area contributed by atoms with Crippen LogP contribution in [0.5, 0.6) is 0 Å². The van der Waals surface area contributed by atoms with Crippen molar-refractivity contribution in [2.45, 2.75) is 12.4 Å². The monoisotopic (exact) mass is 470 g/mol. The smallest absolute Gasteiger partial charge is 0.328 e. The van der Waals surface area contributed by atoms with E-state index < -0.39 is 66.9 Å². The van der Waals surface area contributed by atoms with Gasteiger partial charge in [-0.2, -0.15) is 31.6 Å². The number of halogens is 7. The first-order valence-corrected chi connectivity index (χ1v) is 7.78. The second-order valence-electron chi connectivity index (χ2n) is 5.47. The van der Waals surface area contributed by atoms with Crippen LogP contribution < -0.4 is 10.6 Å². The van der Waals surface area contributed by atoms with E-state index in [1.165, 1.54) is 5.32 Å². The summed E-state index contributed by atoms with van der Waals surface area (Å²) in [6.07, 6.45) is -8.93. The van der Waals surface area contributed by atoms with E-state index in [0.29, 0.717) is 6.07 Å². The molecule has 0 atom stereocenters. The maximum absolute atomic E-state index is 13.3. The molecule has 0 saturated carbocycles. The number of nitrogens with zero attached hydrogens (tertiary/aromatic N) is 4. The van der Waals surface area contributed by atoms with Crippen LogP contribution in [0.2, 0.25) is 5.02 Å². The van der Waals surface area contributed by atoms with Gasteiger partial charge in [0.2, 0.25) is 0 Å². The van der Waals surface area contributed by atoms with Gasteiger partial charge in [-0.05, 0) is 6.07 Å². The van der Waals surface area contributed by atoms with Crippen LogP contribution in [0.4, 0.5) is 54.9 Å². The summed E-state index contributed by atoms with van der Waals surface area (Å²) in [5.41, 5.74) is -8.91. The minimum absolute atomic E-state index is 0.0903. The molecule has 0 saturated heterocycles. The van der Waals surface area contributed by atoms with Gasteiger partial charge in [-0.25, -0.2) is 4.98 Å². The molecule has 31 heavy (non-hydrogen) atoms. The van der Waals surface area contributed by atoms with Crippen LogP contribution in [0.1, 0.15) is 11.1 Å². The highest BCUT2D eigenvalue weighted by atomic mass is 35.5. The Hall–Kier alpha value is -3.87. The van der Waals surface area contributed by atoms with Crippen molar-refractivity contribution in [1.29, 1.82) is 5.26 Å². The van der Waals surface area contributed by atoms with E-state index in [4.69, 9.17) is 16.9 Å². The second-order valence-corrected chi connectivity index (χ2v) is 5.88. The average molecular weight is 471 g/mol. The Bertz CT molecular complexity index is 1110. The molecule has 0 aliphatic heterocycles. The fraction of sp³-hybridized carbons (Fsp3) is 0.143. The van der Waals surface area contributed by atoms with Crippen molar-refractivity contribution in [2.75, 3.05) is 10.6 Å². The van der Waals surface area contributed by atoms with Gasteiger partial charge in [0.25, 0.3) is 0 Å². The molecule has 0 aliphatic carbocycles. The van der Waals surface area contributed by atoms with E-state index in [-0.39, 0.29) is 12.3 Å². The quantitative estimate of drug-likeness (QED) is 0.198. The second kappa shape index (κ2) is 8.10. The first kappa shape index (κ1) is 23.4. The highest BCUT2D eigenvalue weighted by molar-refractivity contribution is 6.33. The standard InChI is InChI=1S/C14H5ClF6N6O4/c15-7-1-5(13(16,17)18)3-23-12(7)25-10-8(26(28)29)2-6(14(19,20)21)9(24-4-22)11(10)27(30)31/h1-3,24H,(H,23,25). The summed E-state index contributed by atoms with van der Waals surface area (Å²) in [5, 5.41) is 34.0. The van der Waals surface area contributed by atoms with Crippen LogP contribution in [0.3, 0.4) is 0 Å². The highest BCUT2D eigenvalue weighted by Gasteiger charge is 2.43. The minimum Gasteiger partial charge on any atom is -0.328 e. The maximum Gasteiger partial charge on any atom is 0.418 e. The third-order valence-corrected chi connectivity index (χ3v) is 3.85. The lowest BCUT2D eigenvalue weighted by atomic mass is 10.1. The van der Waals surface area contributed by atoms with Crippen molar-refractivity contribution < 1.29 is 36.2 Å². The number of hydrogen-bond donors (Lipinski definition) is 2. The van der Waals surface area contributed by atoms with Crippen molar-refractivity contribution in [2.24, 2.45) is 0 Å². The van der Waals surface area contributed by atoms with Gasteiger partial charge >= 0.3 is 23.7 Å². The summed E-state index contributed by atoms with van der Waals surface area (Å²) in [5.74, 6) is -0.761. The van der Waals surface area contributed by atoms with E-state index in [1.807, 2.05) is 5.32 Å². The normalized spacial score (nSPS) is 11.5. The molecule has 0 spiro atoms. The highest BCUT2D eigenvalue weighted by Crippen LogP contribution is 2.49. The summed E-state index contributed by atoms with van der Waals surface area (Å²) < 4.78 is 78.0. The van der Waals surface area contributed by atoms with Crippen LogP contribution in [-0.4, -0.2) is 14.8 Å². The van der Waals surface area contributed by atoms with Gasteiger partial charge in [0.15, 0.2) is 11.9 Å². The van der Waals surface area contributed by atoms with Gasteiger partial charge in [-0.3, -0.25) is 25.5 Å². The molecule has 164 valence electrons. The maximum atomic E-state index is 13.3. The van der Waals surface area contributed by atoms with Crippen molar-refractivity contribution in [3.63, 3.8) is 0 Å². The van der Waals surface area contributed by atoms with Gasteiger partial charge in [0.1, 0.15) is 11.5 Å². The Morgan fingerprint density at radius 3 is 2.06 bits per heavy atom. The molecule has 2 aromatic rings. The Kier molecular flexibility index (Phi) is 6.12. The Morgan fingerprint density at radius 1 is 1.03 bits per heavy atom. The molecule has 0 unspecified atom stereocenters. The van der Waals surface area contributed by atoms with Gasteiger partial charge in [-0.15, -0.1) is 0 Å². The number of alkyl halides is 6. The zero-order valence-electron chi connectivity index (χ0n) is 14.3. The van der Waals surface area contributed by atoms with E-state index in [0.717, 1.165) is 6.19 Å². The van der Waals surface area contributed by atoms with E-state index >= 15 is 0 Å². The predicted molar refractivity (Wildman–Crippen MR) is 91.5 cm³/mol. The summed E-state index contributed by atoms with van der Waals surface area (Å²) in [6, 6.07) is 0.250. The number of pyridine rings is 1. The third kappa shape index (κ3) is 4.83. The zero-order valence-corrected chi connectivity index (χ0v) is 15.1. The van der Waals surface area contributed by atoms with E-state index in [2.05, 4.69) is 4.98 Å². The number of nitro groups is 2. The number of aromatic nitrogens is 1. The van der Waals surface area contributed by atoms with Gasteiger partial charge in [-0.1, -0.05) is 11.6 Å². The molecule has 1 aromatic heterocycles. The fourth-order valence-corrected chi connectivity index (χ4v) is 2.53. The summed E-state index contributed by atoms with van der Waals surface area (Å²) >= 11 is 5.64. The summed E-state index contributed by atoms with van der Waals surface area (Å²) in [6.45, 7) is 0. The van der Waals surface area contributed by atoms with Crippen molar-refractivity contribution in [3.8, 4) is 6.19 Å².